The highest BCUT2D eigenvalue weighted by Crippen LogP contribution is 2.53. The molecule has 9 atom stereocenters. The molecule has 3 aliphatic carbocycles. The summed E-state index contributed by atoms with van der Waals surface area (Å²) >= 11 is 0. The third-order valence-corrected chi connectivity index (χ3v) is 27.8. The number of amides is 2. The third kappa shape index (κ3) is 52.1. The molecule has 5 aliphatic rings. The molecule has 5 fully saturated rings. The Morgan fingerprint density at radius 3 is 1.21 bits per heavy atom. The molecule has 2 saturated heterocycles. The van der Waals surface area contributed by atoms with Crippen molar-refractivity contribution in [3.63, 3.8) is 0 Å². The van der Waals surface area contributed by atoms with Gasteiger partial charge in [0.05, 0.1) is 23.1 Å². The van der Waals surface area contributed by atoms with Crippen molar-refractivity contribution in [3.8, 4) is 0 Å². The number of alkyl halides is 3. The van der Waals surface area contributed by atoms with E-state index in [1.807, 2.05) is 74.6 Å². The van der Waals surface area contributed by atoms with Crippen LogP contribution >= 0.6 is 0 Å². The molecular weight excluding hydrogens is 1540 g/mol. The largest absolute Gasteiger partial charge is 0.417 e. The fourth-order valence-electron chi connectivity index (χ4n) is 16.7. The van der Waals surface area contributed by atoms with Crippen molar-refractivity contribution in [2.75, 3.05) is 79.2 Å². The first-order valence-corrected chi connectivity index (χ1v) is 47.8. The Hall–Kier alpha value is -2.45. The normalized spacial score (nSPS) is 19.1. The zero-order chi connectivity index (χ0) is 92.1. The maximum Gasteiger partial charge on any atom is 0.417 e. The molecule has 3 N–H and O–H groups in total. The van der Waals surface area contributed by atoms with E-state index in [-0.39, 0.29) is 87.0 Å². The second kappa shape index (κ2) is 54.9. The second-order valence-corrected chi connectivity index (χ2v) is 48.7. The Kier molecular flexibility index (Phi) is 58.7. The SMILES string of the molecule is C.C.C.C.CCC(C(=O)NC(C)(C)C)C(C)(C)C.CCC(CC(C)(C)O)C(C)(C)C.CCC(CC(O)(C1CC1)C(F)(F)F)C(C)(C)C.CCC(CN(C(C)=O)C1CC1)C(C)(C)C.CCC(CN1CCN(S(=O)(=O)C2CC2)CC1)C(C)(C)C.CCC(CN1CCOC(C)(C)C1)C(C)(C)C.CCC(COC)C(C)(C)C.CCC(c1ccccn1)C(C)(C)C. The lowest BCUT2D eigenvalue weighted by Gasteiger charge is -2.42. The van der Waals surface area contributed by atoms with Crippen molar-refractivity contribution in [3.05, 3.63) is 30.1 Å². The number of pyridine rings is 1. The smallest absolute Gasteiger partial charge is 0.390 e. The van der Waals surface area contributed by atoms with Gasteiger partial charge >= 0.3 is 6.18 Å². The van der Waals surface area contributed by atoms with E-state index < -0.39 is 33.3 Å². The van der Waals surface area contributed by atoms with Crippen LogP contribution in [0.1, 0.15) is 421 Å². The fraction of sp³-hybridized carbons (Fsp3) is 0.932. The van der Waals surface area contributed by atoms with Gasteiger partial charge in [-0.2, -0.15) is 17.5 Å². The summed E-state index contributed by atoms with van der Waals surface area (Å²) in [6, 6.07) is 6.72. The van der Waals surface area contributed by atoms with E-state index in [2.05, 4.69) is 245 Å². The molecule has 0 radical (unpaired) electrons. The maximum absolute atomic E-state index is 13.0. The molecule has 0 aromatic carbocycles. The molecule has 1 aromatic rings. The van der Waals surface area contributed by atoms with E-state index in [1.54, 1.807) is 18.3 Å². The van der Waals surface area contributed by atoms with Gasteiger partial charge in [-0.05, 0) is 210 Å². The number of rotatable bonds is 26. The van der Waals surface area contributed by atoms with Crippen molar-refractivity contribution in [2.45, 2.75) is 455 Å². The zero-order valence-electron chi connectivity index (χ0n) is 84.4. The van der Waals surface area contributed by atoms with Crippen LogP contribution in [0, 0.1) is 90.7 Å². The number of hydrogen-bond acceptors (Lipinski definition) is 11. The first-order valence-electron chi connectivity index (χ1n) is 46.3. The number of hydrogen-bond donors (Lipinski definition) is 3. The lowest BCUT2D eigenvalue weighted by Crippen LogP contribution is -2.51. The van der Waals surface area contributed by atoms with Gasteiger partial charge in [0.1, 0.15) is 0 Å². The average Bonchev–Trinajstić information content (AvgIpc) is 1.62. The number of sulfonamides is 1. The van der Waals surface area contributed by atoms with Gasteiger partial charge in [-0.15, -0.1) is 0 Å². The molecule has 0 bridgehead atoms. The van der Waals surface area contributed by atoms with Crippen molar-refractivity contribution >= 4 is 21.8 Å². The Morgan fingerprint density at radius 2 is 0.942 bits per heavy atom. The van der Waals surface area contributed by atoms with Gasteiger partial charge in [-0.3, -0.25) is 19.5 Å². The van der Waals surface area contributed by atoms with E-state index in [1.165, 1.54) is 44.3 Å². The van der Waals surface area contributed by atoms with E-state index in [4.69, 9.17) is 9.47 Å². The van der Waals surface area contributed by atoms with E-state index >= 15 is 0 Å². The first-order chi connectivity index (χ1) is 52.7. The second-order valence-electron chi connectivity index (χ2n) is 46.5. The number of piperazine rings is 1. The Morgan fingerprint density at radius 1 is 0.537 bits per heavy atom. The number of morpholine rings is 1. The molecule has 728 valence electrons. The summed E-state index contributed by atoms with van der Waals surface area (Å²) in [6.07, 6.45) is 11.9. The van der Waals surface area contributed by atoms with Crippen molar-refractivity contribution in [2.24, 2.45) is 90.7 Å². The number of aliphatic hydroxyl groups is 2. The van der Waals surface area contributed by atoms with Crippen LogP contribution in [-0.4, -0.2) is 173 Å². The Labute approximate surface area is 752 Å². The van der Waals surface area contributed by atoms with Gasteiger partial charge in [0.15, 0.2) is 5.60 Å². The quantitative estimate of drug-likeness (QED) is 0.0808. The van der Waals surface area contributed by atoms with Gasteiger partial charge in [0.2, 0.25) is 21.8 Å². The third-order valence-electron chi connectivity index (χ3n) is 25.4. The summed E-state index contributed by atoms with van der Waals surface area (Å²) in [6.45, 7) is 96.9. The number of ether oxygens (including phenoxy) is 2. The van der Waals surface area contributed by atoms with Gasteiger partial charge in [-0.25, -0.2) is 8.42 Å². The highest BCUT2D eigenvalue weighted by molar-refractivity contribution is 7.90. The van der Waals surface area contributed by atoms with Crippen molar-refractivity contribution in [1.82, 2.24) is 29.3 Å². The molecule has 6 rings (SSSR count). The average molecular weight is 1750 g/mol. The van der Waals surface area contributed by atoms with E-state index in [0.717, 1.165) is 103 Å². The monoisotopic (exact) mass is 1750 g/mol. The summed E-state index contributed by atoms with van der Waals surface area (Å²) in [4.78, 5) is 35.0. The van der Waals surface area contributed by atoms with Crippen LogP contribution in [0.4, 0.5) is 13.2 Å². The van der Waals surface area contributed by atoms with Gasteiger partial charge in [0.25, 0.3) is 0 Å². The fourth-order valence-corrected chi connectivity index (χ4v) is 18.5. The summed E-state index contributed by atoms with van der Waals surface area (Å²) in [7, 11) is -1.20. The predicted molar refractivity (Wildman–Crippen MR) is 522 cm³/mol. The van der Waals surface area contributed by atoms with Crippen LogP contribution in [0.2, 0.25) is 0 Å². The summed E-state index contributed by atoms with van der Waals surface area (Å²) in [5.41, 5.74) is 0.0346. The zero-order valence-corrected chi connectivity index (χ0v) is 85.2. The molecule has 18 heteroatoms. The number of aromatic nitrogens is 1. The minimum atomic E-state index is -4.51. The summed E-state index contributed by atoms with van der Waals surface area (Å²) in [5.74, 6) is 3.75. The van der Waals surface area contributed by atoms with Crippen LogP contribution in [0.3, 0.4) is 0 Å². The molecule has 3 heterocycles. The molecule has 1 aromatic heterocycles. The lowest BCUT2D eigenvalue weighted by atomic mass is 9.72. The molecule has 0 spiro atoms. The number of nitrogens with one attached hydrogen (secondary N) is 1. The molecule has 9 unspecified atom stereocenters. The molecule has 3 saturated carbocycles. The highest BCUT2D eigenvalue weighted by Gasteiger charge is 2.62. The maximum atomic E-state index is 13.0. The topological polar surface area (TPSA) is 165 Å². The van der Waals surface area contributed by atoms with Crippen LogP contribution in [0.5, 0.6) is 0 Å². The lowest BCUT2D eigenvalue weighted by molar-refractivity contribution is -0.276. The standard InChI is InChI=1S/C15H30N2O2S.C14H29NO.C13H23F3O.C13H25NO.C12H25NO.C12H19N.C11H24O.C9H20O.4CH4/c1-5-13(15(2,3)4)12-16-8-10-17(11-9-16)20(18,19)14-6-7-14;1-7-12(13(2,3)4)10-15-8-9-16-14(5,6)11-15;1-5-9(11(2,3)4)8-12(17,10-6-7-10)13(14,15)16;1-6-11(13(3,4)5)9-14(10(2)15)12-7-8-12;1-8-9(11(2,3)4)10(14)13-12(5,6)7;1-5-10(12(2,3)4)11-8-6-7-9-13-11;1-7-9(10(2,3)4)8-11(5,6)12;1-6-8(7-10-5)9(2,3)4;;;;/h13-14H,5-12H2,1-4H3;12H,7-11H2,1-6H3;9-10,17H,5-8H2,1-4H3;11-12H,6-9H2,1-5H3;9H,8H2,1-7H3,(H,13,14);6-10H,5H2,1-4H3;9,12H,7-8H2,1-6H3;8H,6-7H2,1-5H3;4*1H4. The molecule has 2 aliphatic heterocycles. The van der Waals surface area contributed by atoms with Crippen LogP contribution in [0.25, 0.3) is 0 Å². The van der Waals surface area contributed by atoms with E-state index in [9.17, 15) is 41.4 Å². The van der Waals surface area contributed by atoms with Crippen molar-refractivity contribution < 1.29 is 50.9 Å². The number of halogens is 3. The van der Waals surface area contributed by atoms with Gasteiger partial charge in [0, 0.05) is 115 Å². The van der Waals surface area contributed by atoms with Crippen LogP contribution in [0.15, 0.2) is 24.4 Å². The molecule has 2 amide bonds. The first kappa shape index (κ1) is 129. The molecule has 121 heavy (non-hydrogen) atoms. The minimum Gasteiger partial charge on any atom is -0.390 e. The van der Waals surface area contributed by atoms with Gasteiger partial charge in [-0.1, -0.05) is 296 Å². The Balaban J connectivity index is -0.000000313. The summed E-state index contributed by atoms with van der Waals surface area (Å²) in [5, 5.41) is 22.7. The number of methoxy groups -OCH3 is 1. The number of carbonyl (C=O) groups is 2. The minimum absolute atomic E-state index is 0. The van der Waals surface area contributed by atoms with Crippen LogP contribution < -0.4 is 5.32 Å². The molecule has 14 nitrogen and oxygen atoms in total. The van der Waals surface area contributed by atoms with Crippen molar-refractivity contribution in [1.29, 1.82) is 0 Å². The predicted octanol–water partition coefficient (Wildman–Crippen LogP) is 27.6. The Bertz CT molecular complexity index is 2950. The molecular formula is C103H211F3N6O8S. The number of carbonyl (C=O) groups excluding carboxylic acids is 2. The summed E-state index contributed by atoms with van der Waals surface area (Å²) < 4.78 is 76.1. The van der Waals surface area contributed by atoms with E-state index in [0.29, 0.717) is 100 Å². The number of nitrogens with zero attached hydrogens (tertiary/aromatic N) is 5. The highest BCUT2D eigenvalue weighted by atomic mass is 32.2. The van der Waals surface area contributed by atoms with Gasteiger partial charge < -0.3 is 34.8 Å². The van der Waals surface area contributed by atoms with Crippen LogP contribution in [-0.2, 0) is 29.1 Å².